The van der Waals surface area contributed by atoms with Crippen molar-refractivity contribution >= 4 is 0 Å². The summed E-state index contributed by atoms with van der Waals surface area (Å²) in [4.78, 5) is 5.15. The average molecular weight is 241 g/mol. The number of rotatable bonds is 3. The Bertz CT molecular complexity index is 434. The van der Waals surface area contributed by atoms with Crippen LogP contribution in [0, 0.1) is 11.3 Å². The average Bonchev–Trinajstić information content (AvgIpc) is 3.25. The van der Waals surface area contributed by atoms with Gasteiger partial charge in [-0.1, -0.05) is 12.1 Å². The van der Waals surface area contributed by atoms with E-state index in [1.165, 1.54) is 44.6 Å². The van der Waals surface area contributed by atoms with Gasteiger partial charge < -0.3 is 0 Å². The molecule has 0 unspecified atom stereocenters. The lowest BCUT2D eigenvalue weighted by atomic mass is 10.1. The largest absolute Gasteiger partial charge is 0.298 e. The Labute approximate surface area is 109 Å². The van der Waals surface area contributed by atoms with Crippen LogP contribution in [0.5, 0.6) is 0 Å². The summed E-state index contributed by atoms with van der Waals surface area (Å²) in [5.74, 6) is 0. The van der Waals surface area contributed by atoms with Gasteiger partial charge in [-0.05, 0) is 30.5 Å². The van der Waals surface area contributed by atoms with Crippen molar-refractivity contribution in [3.63, 3.8) is 0 Å². The van der Waals surface area contributed by atoms with Gasteiger partial charge in [-0.15, -0.1) is 0 Å². The highest BCUT2D eigenvalue weighted by Crippen LogP contribution is 2.27. The van der Waals surface area contributed by atoms with Crippen LogP contribution in [-0.4, -0.2) is 42.0 Å². The quantitative estimate of drug-likeness (QED) is 0.809. The molecule has 2 fully saturated rings. The van der Waals surface area contributed by atoms with E-state index in [4.69, 9.17) is 5.26 Å². The second-order valence-electron chi connectivity index (χ2n) is 5.35. The smallest absolute Gasteiger partial charge is 0.0991 e. The molecule has 3 heteroatoms. The molecule has 0 radical (unpaired) electrons. The summed E-state index contributed by atoms with van der Waals surface area (Å²) in [6, 6.07) is 11.0. The van der Waals surface area contributed by atoms with Crippen molar-refractivity contribution in [2.45, 2.75) is 25.4 Å². The Hall–Kier alpha value is -1.37. The van der Waals surface area contributed by atoms with E-state index >= 15 is 0 Å². The zero-order valence-electron chi connectivity index (χ0n) is 10.7. The highest BCUT2D eigenvalue weighted by molar-refractivity contribution is 5.31. The van der Waals surface area contributed by atoms with Crippen molar-refractivity contribution in [3.8, 4) is 6.07 Å². The number of hydrogen-bond donors (Lipinski definition) is 0. The fraction of sp³-hybridized carbons (Fsp3) is 0.533. The van der Waals surface area contributed by atoms with E-state index in [-0.39, 0.29) is 0 Å². The van der Waals surface area contributed by atoms with Crippen LogP contribution in [0.4, 0.5) is 0 Å². The Morgan fingerprint density at radius 2 is 1.72 bits per heavy atom. The first-order valence-electron chi connectivity index (χ1n) is 6.80. The van der Waals surface area contributed by atoms with Crippen molar-refractivity contribution in [3.05, 3.63) is 35.4 Å². The summed E-state index contributed by atoms with van der Waals surface area (Å²) in [5, 5.41) is 8.77. The summed E-state index contributed by atoms with van der Waals surface area (Å²) in [6.07, 6.45) is 2.82. The molecule has 0 atom stereocenters. The van der Waals surface area contributed by atoms with Gasteiger partial charge in [0.25, 0.3) is 0 Å². The molecular formula is C15H19N3. The second kappa shape index (κ2) is 5.09. The second-order valence-corrected chi connectivity index (χ2v) is 5.35. The Balaban J connectivity index is 1.52. The summed E-state index contributed by atoms with van der Waals surface area (Å²) in [5.41, 5.74) is 2.06. The lowest BCUT2D eigenvalue weighted by Gasteiger charge is -2.34. The highest BCUT2D eigenvalue weighted by atomic mass is 15.3. The minimum atomic E-state index is 0.748. The van der Waals surface area contributed by atoms with Crippen LogP contribution in [0.2, 0.25) is 0 Å². The highest BCUT2D eigenvalue weighted by Gasteiger charge is 2.30. The molecule has 18 heavy (non-hydrogen) atoms. The lowest BCUT2D eigenvalue weighted by Crippen LogP contribution is -2.46. The molecule has 1 heterocycles. The molecule has 0 N–H and O–H groups in total. The molecule has 3 rings (SSSR count). The molecular weight excluding hydrogens is 222 g/mol. The predicted octanol–water partition coefficient (Wildman–Crippen LogP) is 1.84. The van der Waals surface area contributed by atoms with Crippen molar-refractivity contribution < 1.29 is 0 Å². The van der Waals surface area contributed by atoms with E-state index in [0.29, 0.717) is 0 Å². The van der Waals surface area contributed by atoms with Gasteiger partial charge >= 0.3 is 0 Å². The minimum Gasteiger partial charge on any atom is -0.298 e. The molecule has 0 spiro atoms. The monoisotopic (exact) mass is 241 g/mol. The van der Waals surface area contributed by atoms with Gasteiger partial charge in [0.2, 0.25) is 0 Å². The van der Waals surface area contributed by atoms with Gasteiger partial charge in [0.15, 0.2) is 0 Å². The van der Waals surface area contributed by atoms with Gasteiger partial charge in [-0.25, -0.2) is 0 Å². The van der Waals surface area contributed by atoms with Crippen LogP contribution in [0.1, 0.15) is 24.0 Å². The van der Waals surface area contributed by atoms with Crippen molar-refractivity contribution in [2.24, 2.45) is 0 Å². The molecule has 0 aromatic heterocycles. The number of nitrogens with zero attached hydrogens (tertiary/aromatic N) is 3. The number of hydrogen-bond acceptors (Lipinski definition) is 3. The normalized spacial score (nSPS) is 21.7. The molecule has 2 aliphatic rings. The van der Waals surface area contributed by atoms with Gasteiger partial charge in [0.05, 0.1) is 11.6 Å². The molecule has 3 nitrogen and oxygen atoms in total. The first-order chi connectivity index (χ1) is 8.85. The van der Waals surface area contributed by atoms with Crippen LogP contribution >= 0.6 is 0 Å². The first kappa shape index (κ1) is 11.7. The number of nitriles is 1. The molecule has 0 amide bonds. The van der Waals surface area contributed by atoms with Crippen LogP contribution in [0.15, 0.2) is 24.3 Å². The van der Waals surface area contributed by atoms with E-state index in [1.54, 1.807) is 0 Å². The number of piperazine rings is 1. The molecule has 1 aliphatic carbocycles. The minimum absolute atomic E-state index is 0.748. The van der Waals surface area contributed by atoms with Crippen LogP contribution in [-0.2, 0) is 6.54 Å². The Morgan fingerprint density at radius 3 is 2.28 bits per heavy atom. The summed E-state index contributed by atoms with van der Waals surface area (Å²) in [6.45, 7) is 5.82. The summed E-state index contributed by atoms with van der Waals surface area (Å²) in [7, 11) is 0. The van der Waals surface area contributed by atoms with Crippen molar-refractivity contribution in [2.75, 3.05) is 26.2 Å². The van der Waals surface area contributed by atoms with E-state index in [9.17, 15) is 0 Å². The number of benzene rings is 1. The van der Waals surface area contributed by atoms with Gasteiger partial charge in [0, 0.05) is 38.8 Å². The summed E-state index contributed by atoms with van der Waals surface area (Å²) < 4.78 is 0. The van der Waals surface area contributed by atoms with Crippen molar-refractivity contribution in [1.82, 2.24) is 9.80 Å². The maximum atomic E-state index is 8.77. The third-order valence-electron chi connectivity index (χ3n) is 3.96. The van der Waals surface area contributed by atoms with Gasteiger partial charge in [0.1, 0.15) is 0 Å². The fourth-order valence-electron chi connectivity index (χ4n) is 2.67. The molecule has 1 aromatic rings. The van der Waals surface area contributed by atoms with E-state index in [2.05, 4.69) is 28.0 Å². The molecule has 1 aliphatic heterocycles. The van der Waals surface area contributed by atoms with E-state index in [0.717, 1.165) is 18.2 Å². The third kappa shape index (κ3) is 2.72. The topological polar surface area (TPSA) is 30.3 Å². The zero-order chi connectivity index (χ0) is 12.4. The zero-order valence-corrected chi connectivity index (χ0v) is 10.7. The molecule has 1 saturated carbocycles. The van der Waals surface area contributed by atoms with Crippen LogP contribution < -0.4 is 0 Å². The Kier molecular flexibility index (Phi) is 3.31. The van der Waals surface area contributed by atoms with Crippen LogP contribution in [0.25, 0.3) is 0 Å². The van der Waals surface area contributed by atoms with Crippen molar-refractivity contribution in [1.29, 1.82) is 5.26 Å². The summed E-state index contributed by atoms with van der Waals surface area (Å²) >= 11 is 0. The maximum absolute atomic E-state index is 8.77. The molecule has 0 bridgehead atoms. The predicted molar refractivity (Wildman–Crippen MR) is 71.0 cm³/mol. The standard InChI is InChI=1S/C15H19N3/c16-11-13-1-3-14(4-2-13)12-17-7-9-18(10-8-17)15-5-6-15/h1-4,15H,5-10,12H2. The van der Waals surface area contributed by atoms with E-state index in [1.807, 2.05) is 12.1 Å². The lowest BCUT2D eigenvalue weighted by molar-refractivity contribution is 0.121. The van der Waals surface area contributed by atoms with E-state index < -0.39 is 0 Å². The SMILES string of the molecule is N#Cc1ccc(CN2CCN(C3CC3)CC2)cc1. The molecule has 1 aromatic carbocycles. The van der Waals surface area contributed by atoms with Crippen LogP contribution in [0.3, 0.4) is 0 Å². The first-order valence-corrected chi connectivity index (χ1v) is 6.80. The van der Waals surface area contributed by atoms with Gasteiger partial charge in [-0.2, -0.15) is 5.26 Å². The Morgan fingerprint density at radius 1 is 1.06 bits per heavy atom. The van der Waals surface area contributed by atoms with Gasteiger partial charge in [-0.3, -0.25) is 9.80 Å². The fourth-order valence-corrected chi connectivity index (χ4v) is 2.67. The molecule has 94 valence electrons. The maximum Gasteiger partial charge on any atom is 0.0991 e. The molecule has 1 saturated heterocycles. The third-order valence-corrected chi connectivity index (χ3v) is 3.96.